The first-order valence-electron chi connectivity index (χ1n) is 7.96. The zero-order valence-corrected chi connectivity index (χ0v) is 15.4. The van der Waals surface area contributed by atoms with Crippen molar-refractivity contribution in [1.29, 1.82) is 0 Å². The van der Waals surface area contributed by atoms with E-state index in [9.17, 15) is 4.79 Å². The van der Waals surface area contributed by atoms with Crippen molar-refractivity contribution in [2.24, 2.45) is 0 Å². The van der Waals surface area contributed by atoms with Gasteiger partial charge in [-0.05, 0) is 63.8 Å². The standard InChI is InChI=1S/C21H18BrNO2/c1-15-7-12-20(19(22)13-15)23-21(24)14-25-18-10-8-17(9-11-18)16-5-3-2-4-6-16/h2-13H,14H2,1H3,(H,23,24). The average Bonchev–Trinajstić information content (AvgIpc) is 2.63. The number of aryl methyl sites for hydroxylation is 1. The highest BCUT2D eigenvalue weighted by atomic mass is 79.9. The number of hydrogen-bond acceptors (Lipinski definition) is 2. The molecule has 0 saturated carbocycles. The first kappa shape index (κ1) is 17.2. The van der Waals surface area contributed by atoms with E-state index in [2.05, 4.69) is 33.4 Å². The molecular formula is C21H18BrNO2. The Morgan fingerprint density at radius 2 is 1.64 bits per heavy atom. The summed E-state index contributed by atoms with van der Waals surface area (Å²) in [5.41, 5.74) is 4.12. The van der Waals surface area contributed by atoms with Crippen LogP contribution >= 0.6 is 15.9 Å². The molecule has 1 N–H and O–H groups in total. The summed E-state index contributed by atoms with van der Waals surface area (Å²) in [7, 11) is 0. The second kappa shape index (κ2) is 7.99. The lowest BCUT2D eigenvalue weighted by Crippen LogP contribution is -2.20. The largest absolute Gasteiger partial charge is 0.484 e. The number of halogens is 1. The molecule has 1 amide bonds. The van der Waals surface area contributed by atoms with E-state index in [-0.39, 0.29) is 12.5 Å². The summed E-state index contributed by atoms with van der Waals surface area (Å²) in [5, 5.41) is 2.83. The van der Waals surface area contributed by atoms with Crippen molar-refractivity contribution < 1.29 is 9.53 Å². The Hall–Kier alpha value is -2.59. The first-order chi connectivity index (χ1) is 12.1. The van der Waals surface area contributed by atoms with E-state index in [4.69, 9.17) is 4.74 Å². The maximum Gasteiger partial charge on any atom is 0.262 e. The van der Waals surface area contributed by atoms with Crippen LogP contribution in [-0.4, -0.2) is 12.5 Å². The van der Waals surface area contributed by atoms with Crippen molar-refractivity contribution in [1.82, 2.24) is 0 Å². The molecule has 0 heterocycles. The fraction of sp³-hybridized carbons (Fsp3) is 0.0952. The molecule has 0 aliphatic carbocycles. The van der Waals surface area contributed by atoms with Crippen molar-refractivity contribution in [3.8, 4) is 16.9 Å². The fourth-order valence-electron chi connectivity index (χ4n) is 2.43. The Balaban J connectivity index is 1.57. The molecule has 3 rings (SSSR count). The van der Waals surface area contributed by atoms with Crippen molar-refractivity contribution in [3.63, 3.8) is 0 Å². The second-order valence-electron chi connectivity index (χ2n) is 5.71. The number of benzene rings is 3. The maximum absolute atomic E-state index is 12.1. The van der Waals surface area contributed by atoms with Gasteiger partial charge in [0.2, 0.25) is 0 Å². The number of carbonyl (C=O) groups is 1. The first-order valence-corrected chi connectivity index (χ1v) is 8.75. The lowest BCUT2D eigenvalue weighted by Gasteiger charge is -2.10. The highest BCUT2D eigenvalue weighted by Gasteiger charge is 2.07. The number of anilines is 1. The van der Waals surface area contributed by atoms with Gasteiger partial charge in [0.15, 0.2) is 6.61 Å². The maximum atomic E-state index is 12.1. The van der Waals surface area contributed by atoms with Gasteiger partial charge in [-0.2, -0.15) is 0 Å². The van der Waals surface area contributed by atoms with Crippen LogP contribution in [-0.2, 0) is 4.79 Å². The molecular weight excluding hydrogens is 378 g/mol. The van der Waals surface area contributed by atoms with E-state index in [1.54, 1.807) is 0 Å². The van der Waals surface area contributed by atoms with Gasteiger partial charge in [0.1, 0.15) is 5.75 Å². The van der Waals surface area contributed by atoms with Crippen LogP contribution in [0, 0.1) is 6.92 Å². The van der Waals surface area contributed by atoms with Gasteiger partial charge in [0.05, 0.1) is 5.69 Å². The molecule has 0 bridgehead atoms. The third-order valence-corrected chi connectivity index (χ3v) is 4.39. The summed E-state index contributed by atoms with van der Waals surface area (Å²) in [4.78, 5) is 12.1. The average molecular weight is 396 g/mol. The predicted molar refractivity (Wildman–Crippen MR) is 105 cm³/mol. The van der Waals surface area contributed by atoms with Gasteiger partial charge in [0, 0.05) is 4.47 Å². The van der Waals surface area contributed by atoms with Crippen LogP contribution in [0.15, 0.2) is 77.3 Å². The molecule has 0 radical (unpaired) electrons. The molecule has 3 aromatic rings. The number of amides is 1. The molecule has 0 fully saturated rings. The van der Waals surface area contributed by atoms with Gasteiger partial charge in [-0.25, -0.2) is 0 Å². The van der Waals surface area contributed by atoms with E-state index in [0.717, 1.165) is 26.9 Å². The predicted octanol–water partition coefficient (Wildman–Crippen LogP) is 5.44. The molecule has 0 aliphatic heterocycles. The van der Waals surface area contributed by atoms with Crippen molar-refractivity contribution in [2.45, 2.75) is 6.92 Å². The minimum absolute atomic E-state index is 0.0367. The Morgan fingerprint density at radius 3 is 2.32 bits per heavy atom. The molecule has 0 spiro atoms. The van der Waals surface area contributed by atoms with Gasteiger partial charge < -0.3 is 10.1 Å². The summed E-state index contributed by atoms with van der Waals surface area (Å²) in [6, 6.07) is 23.6. The summed E-state index contributed by atoms with van der Waals surface area (Å²) in [5.74, 6) is 0.467. The van der Waals surface area contributed by atoms with Gasteiger partial charge >= 0.3 is 0 Å². The molecule has 4 heteroatoms. The Bertz CT molecular complexity index is 861. The Morgan fingerprint density at radius 1 is 0.960 bits per heavy atom. The minimum Gasteiger partial charge on any atom is -0.484 e. The number of hydrogen-bond donors (Lipinski definition) is 1. The monoisotopic (exact) mass is 395 g/mol. The third-order valence-electron chi connectivity index (χ3n) is 3.73. The normalized spacial score (nSPS) is 10.3. The zero-order valence-electron chi connectivity index (χ0n) is 13.8. The minimum atomic E-state index is -0.198. The second-order valence-corrected chi connectivity index (χ2v) is 6.56. The molecule has 0 atom stereocenters. The van der Waals surface area contributed by atoms with E-state index >= 15 is 0 Å². The number of ether oxygens (including phenoxy) is 1. The molecule has 0 unspecified atom stereocenters. The van der Waals surface area contributed by atoms with Gasteiger partial charge in [-0.1, -0.05) is 48.5 Å². The molecule has 0 aliphatic rings. The Labute approximate surface area is 155 Å². The van der Waals surface area contributed by atoms with Crippen LogP contribution in [0.4, 0.5) is 5.69 Å². The van der Waals surface area contributed by atoms with Crippen LogP contribution in [0.2, 0.25) is 0 Å². The van der Waals surface area contributed by atoms with E-state index in [0.29, 0.717) is 5.75 Å². The zero-order chi connectivity index (χ0) is 17.6. The lowest BCUT2D eigenvalue weighted by molar-refractivity contribution is -0.118. The van der Waals surface area contributed by atoms with E-state index < -0.39 is 0 Å². The van der Waals surface area contributed by atoms with E-state index in [1.807, 2.05) is 67.6 Å². The summed E-state index contributed by atoms with van der Waals surface area (Å²) >= 11 is 3.45. The fourth-order valence-corrected chi connectivity index (χ4v) is 3.02. The summed E-state index contributed by atoms with van der Waals surface area (Å²) < 4.78 is 6.42. The quantitative estimate of drug-likeness (QED) is 0.624. The highest BCUT2D eigenvalue weighted by Crippen LogP contribution is 2.24. The van der Waals surface area contributed by atoms with Crippen LogP contribution in [0.3, 0.4) is 0 Å². The van der Waals surface area contributed by atoms with Gasteiger partial charge in [-0.15, -0.1) is 0 Å². The van der Waals surface area contributed by atoms with Gasteiger partial charge in [0.25, 0.3) is 5.91 Å². The smallest absolute Gasteiger partial charge is 0.262 e. The molecule has 3 aromatic carbocycles. The van der Waals surface area contributed by atoms with Crippen LogP contribution in [0.1, 0.15) is 5.56 Å². The molecule has 3 nitrogen and oxygen atoms in total. The Kier molecular flexibility index (Phi) is 5.51. The topological polar surface area (TPSA) is 38.3 Å². The van der Waals surface area contributed by atoms with Crippen LogP contribution in [0.25, 0.3) is 11.1 Å². The van der Waals surface area contributed by atoms with Crippen molar-refractivity contribution >= 4 is 27.5 Å². The third kappa shape index (κ3) is 4.70. The van der Waals surface area contributed by atoms with Crippen LogP contribution < -0.4 is 10.1 Å². The lowest BCUT2D eigenvalue weighted by atomic mass is 10.1. The summed E-state index contributed by atoms with van der Waals surface area (Å²) in [6.07, 6.45) is 0. The number of rotatable bonds is 5. The summed E-state index contributed by atoms with van der Waals surface area (Å²) in [6.45, 7) is 1.96. The van der Waals surface area contributed by atoms with E-state index in [1.165, 1.54) is 0 Å². The SMILES string of the molecule is Cc1ccc(NC(=O)COc2ccc(-c3ccccc3)cc2)c(Br)c1. The number of carbonyl (C=O) groups excluding carboxylic acids is 1. The molecule has 0 aromatic heterocycles. The van der Waals surface area contributed by atoms with Crippen molar-refractivity contribution in [2.75, 3.05) is 11.9 Å². The molecule has 126 valence electrons. The number of nitrogens with one attached hydrogen (secondary N) is 1. The van der Waals surface area contributed by atoms with Gasteiger partial charge in [-0.3, -0.25) is 4.79 Å². The molecule has 25 heavy (non-hydrogen) atoms. The highest BCUT2D eigenvalue weighted by molar-refractivity contribution is 9.10. The van der Waals surface area contributed by atoms with Crippen molar-refractivity contribution in [3.05, 3.63) is 82.8 Å². The van der Waals surface area contributed by atoms with Crippen LogP contribution in [0.5, 0.6) is 5.75 Å². The molecule has 0 saturated heterocycles.